The first-order chi connectivity index (χ1) is 11.4. The van der Waals surface area contributed by atoms with Gasteiger partial charge in [0.25, 0.3) is 0 Å². The van der Waals surface area contributed by atoms with Crippen LogP contribution in [0.2, 0.25) is 0 Å². The van der Waals surface area contributed by atoms with Crippen molar-refractivity contribution in [1.82, 2.24) is 10.3 Å². The highest BCUT2D eigenvalue weighted by Gasteiger charge is 2.18. The minimum atomic E-state index is 0.611. The van der Waals surface area contributed by atoms with E-state index < -0.39 is 0 Å². The van der Waals surface area contributed by atoms with Gasteiger partial charge in [0, 0.05) is 17.1 Å². The van der Waals surface area contributed by atoms with Crippen LogP contribution in [-0.2, 0) is 6.61 Å². The number of fused-ring (bicyclic) bond motifs is 1. The molecule has 0 aliphatic carbocycles. The molecule has 2 aromatic carbocycles. The maximum atomic E-state index is 5.99. The highest BCUT2D eigenvalue weighted by molar-refractivity contribution is 5.85. The Labute approximate surface area is 136 Å². The summed E-state index contributed by atoms with van der Waals surface area (Å²) in [6.45, 7) is 2.84. The maximum Gasteiger partial charge on any atom is 0.120 e. The number of piperidine rings is 1. The van der Waals surface area contributed by atoms with E-state index in [1.807, 2.05) is 24.3 Å². The number of hydrogen-bond acceptors (Lipinski definition) is 2. The van der Waals surface area contributed by atoms with Crippen LogP contribution in [0.1, 0.15) is 29.9 Å². The van der Waals surface area contributed by atoms with Crippen LogP contribution in [0.15, 0.2) is 54.7 Å². The molecule has 0 amide bonds. The molecule has 1 aliphatic rings. The van der Waals surface area contributed by atoms with Gasteiger partial charge in [0.1, 0.15) is 12.4 Å². The minimum Gasteiger partial charge on any atom is -0.489 e. The number of nitrogens with one attached hydrogen (secondary N) is 2. The van der Waals surface area contributed by atoms with Crippen molar-refractivity contribution >= 4 is 10.9 Å². The van der Waals surface area contributed by atoms with Crippen LogP contribution >= 0.6 is 0 Å². The molecular weight excluding hydrogens is 284 g/mol. The molecule has 1 fully saturated rings. The van der Waals surface area contributed by atoms with Gasteiger partial charge in [0.05, 0.1) is 0 Å². The molecule has 4 rings (SSSR count). The fourth-order valence-corrected chi connectivity index (χ4v) is 3.42. The molecule has 23 heavy (non-hydrogen) atoms. The second kappa shape index (κ2) is 6.47. The molecule has 1 saturated heterocycles. The maximum absolute atomic E-state index is 5.99. The molecule has 0 saturated carbocycles. The van der Waals surface area contributed by atoms with E-state index in [0.29, 0.717) is 12.5 Å². The lowest BCUT2D eigenvalue weighted by molar-refractivity contribution is 0.306. The number of H-pyrrole nitrogens is 1. The van der Waals surface area contributed by atoms with E-state index in [1.165, 1.54) is 34.9 Å². The van der Waals surface area contributed by atoms with Crippen molar-refractivity contribution in [3.63, 3.8) is 0 Å². The van der Waals surface area contributed by atoms with Crippen LogP contribution in [0.4, 0.5) is 0 Å². The Bertz CT molecular complexity index is 773. The van der Waals surface area contributed by atoms with Crippen molar-refractivity contribution in [1.29, 1.82) is 0 Å². The smallest absolute Gasteiger partial charge is 0.120 e. The van der Waals surface area contributed by atoms with Gasteiger partial charge in [-0.15, -0.1) is 0 Å². The summed E-state index contributed by atoms with van der Waals surface area (Å²) in [5.41, 5.74) is 3.83. The Kier molecular flexibility index (Phi) is 4.03. The molecule has 2 N–H and O–H groups in total. The van der Waals surface area contributed by atoms with Crippen LogP contribution in [0.3, 0.4) is 0 Å². The topological polar surface area (TPSA) is 37.0 Å². The predicted octanol–water partition coefficient (Wildman–Crippen LogP) is 4.21. The molecule has 1 aromatic heterocycles. The van der Waals surface area contributed by atoms with E-state index in [9.17, 15) is 0 Å². The Balaban J connectivity index is 1.56. The molecule has 0 unspecified atom stereocenters. The molecule has 118 valence electrons. The predicted molar refractivity (Wildman–Crippen MR) is 93.9 cm³/mol. The Morgan fingerprint density at radius 1 is 1.00 bits per heavy atom. The van der Waals surface area contributed by atoms with Gasteiger partial charge in [-0.25, -0.2) is 0 Å². The van der Waals surface area contributed by atoms with Gasteiger partial charge in [0.2, 0.25) is 0 Å². The highest BCUT2D eigenvalue weighted by Crippen LogP contribution is 2.33. The third-order valence-corrected chi connectivity index (χ3v) is 4.71. The number of ether oxygens (including phenoxy) is 1. The van der Waals surface area contributed by atoms with Crippen LogP contribution < -0.4 is 10.1 Å². The summed E-state index contributed by atoms with van der Waals surface area (Å²) in [7, 11) is 0. The van der Waals surface area contributed by atoms with Crippen molar-refractivity contribution in [3.8, 4) is 5.75 Å². The molecular formula is C20H22N2O. The van der Waals surface area contributed by atoms with Crippen molar-refractivity contribution in [3.05, 3.63) is 65.9 Å². The number of benzene rings is 2. The average Bonchev–Trinajstić information content (AvgIpc) is 3.05. The molecule has 0 spiro atoms. The summed E-state index contributed by atoms with van der Waals surface area (Å²) in [5, 5.41) is 4.75. The first-order valence-corrected chi connectivity index (χ1v) is 8.38. The zero-order valence-corrected chi connectivity index (χ0v) is 13.2. The minimum absolute atomic E-state index is 0.611. The summed E-state index contributed by atoms with van der Waals surface area (Å²) in [4.78, 5) is 3.41. The fourth-order valence-electron chi connectivity index (χ4n) is 3.42. The lowest BCUT2D eigenvalue weighted by atomic mass is 9.90. The summed E-state index contributed by atoms with van der Waals surface area (Å²) < 4.78 is 5.99. The van der Waals surface area contributed by atoms with E-state index in [1.54, 1.807) is 0 Å². The molecule has 0 radical (unpaired) electrons. The standard InChI is InChI=1S/C20H22N2O/c1-2-4-15(5-3-1)14-23-17-6-7-20-18(12-17)19(13-22-20)16-8-10-21-11-9-16/h1-7,12-13,16,21-22H,8-11,14H2. The fraction of sp³-hybridized carbons (Fsp3) is 0.300. The molecule has 0 atom stereocenters. The Morgan fingerprint density at radius 3 is 2.65 bits per heavy atom. The summed E-state index contributed by atoms with van der Waals surface area (Å²) in [5.74, 6) is 1.59. The zero-order chi connectivity index (χ0) is 15.5. The zero-order valence-electron chi connectivity index (χ0n) is 13.2. The molecule has 3 aromatic rings. The lowest BCUT2D eigenvalue weighted by Gasteiger charge is -2.22. The Hall–Kier alpha value is -2.26. The number of rotatable bonds is 4. The largest absolute Gasteiger partial charge is 0.489 e. The number of aromatic amines is 1. The van der Waals surface area contributed by atoms with E-state index in [-0.39, 0.29) is 0 Å². The van der Waals surface area contributed by atoms with E-state index in [0.717, 1.165) is 18.8 Å². The molecule has 2 heterocycles. The summed E-state index contributed by atoms with van der Waals surface area (Å²) in [6, 6.07) is 16.7. The van der Waals surface area contributed by atoms with Crippen molar-refractivity contribution in [2.75, 3.05) is 13.1 Å². The first-order valence-electron chi connectivity index (χ1n) is 8.38. The average molecular weight is 306 g/mol. The summed E-state index contributed by atoms with van der Waals surface area (Å²) in [6.07, 6.45) is 4.60. The van der Waals surface area contributed by atoms with E-state index in [4.69, 9.17) is 4.74 Å². The molecule has 0 bridgehead atoms. The normalized spacial score (nSPS) is 15.8. The van der Waals surface area contributed by atoms with Crippen molar-refractivity contribution in [2.45, 2.75) is 25.4 Å². The molecule has 1 aliphatic heterocycles. The van der Waals surface area contributed by atoms with Gasteiger partial charge in [-0.05, 0) is 61.2 Å². The summed E-state index contributed by atoms with van der Waals surface area (Å²) >= 11 is 0. The second-order valence-electron chi connectivity index (χ2n) is 6.25. The SMILES string of the molecule is c1ccc(COc2ccc3[nH]cc(C4CCNCC4)c3c2)cc1. The quantitative estimate of drug-likeness (QED) is 0.757. The van der Waals surface area contributed by atoms with Gasteiger partial charge in [-0.2, -0.15) is 0 Å². The van der Waals surface area contributed by atoms with Crippen molar-refractivity contribution < 1.29 is 4.74 Å². The van der Waals surface area contributed by atoms with E-state index >= 15 is 0 Å². The van der Waals surface area contributed by atoms with Gasteiger partial charge in [-0.3, -0.25) is 0 Å². The number of aromatic nitrogens is 1. The highest BCUT2D eigenvalue weighted by atomic mass is 16.5. The Morgan fingerprint density at radius 2 is 1.83 bits per heavy atom. The van der Waals surface area contributed by atoms with Crippen LogP contribution in [0, 0.1) is 0 Å². The first kappa shape index (κ1) is 14.3. The molecule has 3 heteroatoms. The van der Waals surface area contributed by atoms with Gasteiger partial charge in [0.15, 0.2) is 0 Å². The third-order valence-electron chi connectivity index (χ3n) is 4.71. The van der Waals surface area contributed by atoms with Crippen LogP contribution in [-0.4, -0.2) is 18.1 Å². The van der Waals surface area contributed by atoms with Gasteiger partial charge in [-0.1, -0.05) is 30.3 Å². The van der Waals surface area contributed by atoms with Crippen LogP contribution in [0.5, 0.6) is 5.75 Å². The molecule has 3 nitrogen and oxygen atoms in total. The van der Waals surface area contributed by atoms with Crippen molar-refractivity contribution in [2.24, 2.45) is 0 Å². The number of hydrogen-bond donors (Lipinski definition) is 2. The lowest BCUT2D eigenvalue weighted by Crippen LogP contribution is -2.26. The van der Waals surface area contributed by atoms with Gasteiger partial charge >= 0.3 is 0 Å². The van der Waals surface area contributed by atoms with E-state index in [2.05, 4.69) is 40.8 Å². The third kappa shape index (κ3) is 3.10. The second-order valence-corrected chi connectivity index (χ2v) is 6.25. The van der Waals surface area contributed by atoms with Gasteiger partial charge < -0.3 is 15.0 Å². The monoisotopic (exact) mass is 306 g/mol. The van der Waals surface area contributed by atoms with Crippen LogP contribution in [0.25, 0.3) is 10.9 Å².